The molecular formula is C18H32N2O3. The Hall–Kier alpha value is -0.880. The van der Waals surface area contributed by atoms with E-state index < -0.39 is 0 Å². The SMILES string of the molecule is Cc1ccc(CN(CC(O)CN2CC(C)OC(C)C2)C(C)C)o1. The Morgan fingerprint density at radius 2 is 1.91 bits per heavy atom. The molecule has 1 aromatic rings. The zero-order valence-electron chi connectivity index (χ0n) is 15.2. The molecule has 5 nitrogen and oxygen atoms in total. The number of furan rings is 1. The van der Waals surface area contributed by atoms with Crippen molar-refractivity contribution >= 4 is 0 Å². The molecule has 2 heterocycles. The Morgan fingerprint density at radius 1 is 1.26 bits per heavy atom. The lowest BCUT2D eigenvalue weighted by Gasteiger charge is -2.37. The Morgan fingerprint density at radius 3 is 2.43 bits per heavy atom. The van der Waals surface area contributed by atoms with Gasteiger partial charge < -0.3 is 14.3 Å². The summed E-state index contributed by atoms with van der Waals surface area (Å²) in [5, 5.41) is 10.5. The molecule has 132 valence electrons. The Labute approximate surface area is 140 Å². The van der Waals surface area contributed by atoms with Gasteiger partial charge in [0.1, 0.15) is 11.5 Å². The van der Waals surface area contributed by atoms with Gasteiger partial charge in [0.2, 0.25) is 0 Å². The fourth-order valence-corrected chi connectivity index (χ4v) is 3.29. The summed E-state index contributed by atoms with van der Waals surface area (Å²) in [7, 11) is 0. The number of nitrogens with zero attached hydrogens (tertiary/aromatic N) is 2. The minimum Gasteiger partial charge on any atom is -0.465 e. The van der Waals surface area contributed by atoms with Crippen LogP contribution in [0.5, 0.6) is 0 Å². The lowest BCUT2D eigenvalue weighted by Crippen LogP contribution is -2.50. The van der Waals surface area contributed by atoms with Crippen molar-refractivity contribution in [3.8, 4) is 0 Å². The standard InChI is InChI=1S/C18H32N2O3/c1-13(2)20(12-18-7-6-14(3)23-18)11-17(21)10-19-8-15(4)22-16(5)9-19/h6-7,13,15-17,21H,8-12H2,1-5H3. The first kappa shape index (κ1) is 18.5. The molecule has 23 heavy (non-hydrogen) atoms. The summed E-state index contributed by atoms with van der Waals surface area (Å²) in [6.45, 7) is 14.3. The topological polar surface area (TPSA) is 49.1 Å². The molecule has 3 atom stereocenters. The van der Waals surface area contributed by atoms with Gasteiger partial charge in [-0.2, -0.15) is 0 Å². The van der Waals surface area contributed by atoms with Gasteiger partial charge in [-0.1, -0.05) is 0 Å². The zero-order valence-corrected chi connectivity index (χ0v) is 15.2. The minimum atomic E-state index is -0.369. The van der Waals surface area contributed by atoms with Crippen molar-refractivity contribution < 1.29 is 14.3 Å². The molecule has 1 fully saturated rings. The van der Waals surface area contributed by atoms with Gasteiger partial charge in [0.15, 0.2) is 0 Å². The van der Waals surface area contributed by atoms with Crippen LogP contribution in [-0.2, 0) is 11.3 Å². The molecule has 0 saturated carbocycles. The third-order valence-corrected chi connectivity index (χ3v) is 4.29. The number of aliphatic hydroxyl groups is 1. The normalized spacial score (nSPS) is 24.5. The summed E-state index contributed by atoms with van der Waals surface area (Å²) >= 11 is 0. The number of hydrogen-bond acceptors (Lipinski definition) is 5. The van der Waals surface area contributed by atoms with Gasteiger partial charge in [-0.25, -0.2) is 0 Å². The molecule has 0 radical (unpaired) electrons. The van der Waals surface area contributed by atoms with Crippen molar-refractivity contribution in [2.75, 3.05) is 26.2 Å². The number of hydrogen-bond donors (Lipinski definition) is 1. The van der Waals surface area contributed by atoms with Gasteiger partial charge in [0.25, 0.3) is 0 Å². The summed E-state index contributed by atoms with van der Waals surface area (Å²) in [5.74, 6) is 1.89. The highest BCUT2D eigenvalue weighted by Crippen LogP contribution is 2.14. The van der Waals surface area contributed by atoms with E-state index >= 15 is 0 Å². The molecular weight excluding hydrogens is 292 g/mol. The third-order valence-electron chi connectivity index (χ3n) is 4.29. The molecule has 1 saturated heterocycles. The van der Waals surface area contributed by atoms with Crippen molar-refractivity contribution in [2.45, 2.75) is 65.5 Å². The molecule has 0 spiro atoms. The summed E-state index contributed by atoms with van der Waals surface area (Å²) < 4.78 is 11.4. The Kier molecular flexibility index (Phi) is 6.65. The van der Waals surface area contributed by atoms with Crippen LogP contribution in [0.4, 0.5) is 0 Å². The second kappa shape index (κ2) is 8.29. The van der Waals surface area contributed by atoms with Gasteiger partial charge in [0, 0.05) is 32.2 Å². The summed E-state index contributed by atoms with van der Waals surface area (Å²) in [5.41, 5.74) is 0. The lowest BCUT2D eigenvalue weighted by molar-refractivity contribution is -0.0786. The maximum atomic E-state index is 10.5. The van der Waals surface area contributed by atoms with Crippen LogP contribution in [-0.4, -0.2) is 65.4 Å². The maximum Gasteiger partial charge on any atom is 0.118 e. The van der Waals surface area contributed by atoms with E-state index in [-0.39, 0.29) is 18.3 Å². The van der Waals surface area contributed by atoms with Gasteiger partial charge in [-0.05, 0) is 46.8 Å². The van der Waals surface area contributed by atoms with E-state index in [1.54, 1.807) is 0 Å². The van der Waals surface area contributed by atoms with Crippen LogP contribution < -0.4 is 0 Å². The van der Waals surface area contributed by atoms with Crippen LogP contribution >= 0.6 is 0 Å². The van der Waals surface area contributed by atoms with Crippen LogP contribution in [0.2, 0.25) is 0 Å². The quantitative estimate of drug-likeness (QED) is 0.834. The van der Waals surface area contributed by atoms with Crippen LogP contribution in [0.15, 0.2) is 16.5 Å². The van der Waals surface area contributed by atoms with Crippen molar-refractivity contribution in [3.63, 3.8) is 0 Å². The summed E-state index contributed by atoms with van der Waals surface area (Å²) in [4.78, 5) is 4.56. The molecule has 5 heteroatoms. The van der Waals surface area contributed by atoms with Gasteiger partial charge in [0.05, 0.1) is 24.9 Å². The molecule has 2 rings (SSSR count). The third kappa shape index (κ3) is 5.92. The van der Waals surface area contributed by atoms with Crippen LogP contribution in [0.25, 0.3) is 0 Å². The second-order valence-electron chi connectivity index (χ2n) is 7.17. The monoisotopic (exact) mass is 324 g/mol. The zero-order chi connectivity index (χ0) is 17.0. The van der Waals surface area contributed by atoms with Crippen LogP contribution in [0, 0.1) is 6.92 Å². The molecule has 0 amide bonds. The van der Waals surface area contributed by atoms with E-state index in [0.29, 0.717) is 19.1 Å². The average molecular weight is 324 g/mol. The van der Waals surface area contributed by atoms with Crippen molar-refractivity contribution in [1.82, 2.24) is 9.80 Å². The summed E-state index contributed by atoms with van der Waals surface area (Å²) in [6.07, 6.45) is 0.0995. The van der Waals surface area contributed by atoms with Crippen molar-refractivity contribution in [3.05, 3.63) is 23.7 Å². The molecule has 3 unspecified atom stereocenters. The number of morpholine rings is 1. The first-order chi connectivity index (χ1) is 10.8. The van der Waals surface area contributed by atoms with Crippen molar-refractivity contribution in [1.29, 1.82) is 0 Å². The van der Waals surface area contributed by atoms with E-state index in [2.05, 4.69) is 37.5 Å². The molecule has 1 aromatic heterocycles. The Balaban J connectivity index is 1.86. The van der Waals surface area contributed by atoms with Crippen LogP contribution in [0.1, 0.15) is 39.2 Å². The first-order valence-electron chi connectivity index (χ1n) is 8.68. The van der Waals surface area contributed by atoms with E-state index in [1.807, 2.05) is 19.1 Å². The van der Waals surface area contributed by atoms with Gasteiger partial charge in [-0.15, -0.1) is 0 Å². The van der Waals surface area contributed by atoms with Gasteiger partial charge >= 0.3 is 0 Å². The van der Waals surface area contributed by atoms with E-state index in [4.69, 9.17) is 9.15 Å². The minimum absolute atomic E-state index is 0.234. The lowest BCUT2D eigenvalue weighted by atomic mass is 10.2. The summed E-state index contributed by atoms with van der Waals surface area (Å²) in [6, 6.07) is 4.36. The molecule has 1 aliphatic heterocycles. The number of rotatable bonds is 7. The first-order valence-corrected chi connectivity index (χ1v) is 8.68. The van der Waals surface area contributed by atoms with E-state index in [9.17, 15) is 5.11 Å². The number of ether oxygens (including phenoxy) is 1. The van der Waals surface area contributed by atoms with Crippen LogP contribution in [0.3, 0.4) is 0 Å². The molecule has 0 bridgehead atoms. The highest BCUT2D eigenvalue weighted by atomic mass is 16.5. The predicted molar refractivity (Wildman–Crippen MR) is 91.4 cm³/mol. The van der Waals surface area contributed by atoms with E-state index in [1.165, 1.54) is 0 Å². The maximum absolute atomic E-state index is 10.5. The highest BCUT2D eigenvalue weighted by molar-refractivity contribution is 5.05. The average Bonchev–Trinajstić information content (AvgIpc) is 2.82. The number of β-amino-alcohol motifs (C(OH)–C–C–N with tert-alkyl or cyclic N) is 1. The van der Waals surface area contributed by atoms with Gasteiger partial charge in [-0.3, -0.25) is 9.80 Å². The van der Waals surface area contributed by atoms with Crippen molar-refractivity contribution in [2.24, 2.45) is 0 Å². The molecule has 0 aliphatic carbocycles. The Bertz CT molecular complexity index is 465. The molecule has 0 aromatic carbocycles. The second-order valence-corrected chi connectivity index (χ2v) is 7.17. The number of aliphatic hydroxyl groups excluding tert-OH is 1. The molecule has 1 N–H and O–H groups in total. The smallest absolute Gasteiger partial charge is 0.118 e. The fourth-order valence-electron chi connectivity index (χ4n) is 3.29. The fraction of sp³-hybridized carbons (Fsp3) is 0.778. The predicted octanol–water partition coefficient (Wildman–Crippen LogP) is 2.27. The number of aryl methyl sites for hydroxylation is 1. The molecule has 1 aliphatic rings. The largest absolute Gasteiger partial charge is 0.465 e. The van der Waals surface area contributed by atoms with E-state index in [0.717, 1.165) is 31.2 Å². The highest BCUT2D eigenvalue weighted by Gasteiger charge is 2.25.